The molecule has 2 aromatic rings. The van der Waals surface area contributed by atoms with Crippen LogP contribution in [0.4, 0.5) is 11.5 Å². The second kappa shape index (κ2) is 4.57. The summed E-state index contributed by atoms with van der Waals surface area (Å²) in [7, 11) is 1.92. The summed E-state index contributed by atoms with van der Waals surface area (Å²) in [5, 5.41) is 0. The standard InChI is InChI=1S/C13H12N2O/c1-15(13-7-2-3-8-14-13)12-6-4-5-11(9-12)10-16/h2-10H,1H3. The minimum atomic E-state index is 0.667. The molecular weight excluding hydrogens is 200 g/mol. The van der Waals surface area contributed by atoms with E-state index < -0.39 is 0 Å². The van der Waals surface area contributed by atoms with Crippen molar-refractivity contribution < 1.29 is 4.79 Å². The highest BCUT2D eigenvalue weighted by molar-refractivity contribution is 5.77. The zero-order valence-corrected chi connectivity index (χ0v) is 9.00. The Hall–Kier alpha value is -2.16. The largest absolute Gasteiger partial charge is 0.329 e. The Morgan fingerprint density at radius 3 is 2.75 bits per heavy atom. The molecule has 16 heavy (non-hydrogen) atoms. The maximum absolute atomic E-state index is 10.7. The Morgan fingerprint density at radius 1 is 1.19 bits per heavy atom. The monoisotopic (exact) mass is 212 g/mol. The third-order valence-electron chi connectivity index (χ3n) is 2.39. The van der Waals surface area contributed by atoms with Crippen LogP contribution in [0.3, 0.4) is 0 Å². The van der Waals surface area contributed by atoms with Crippen molar-refractivity contribution in [3.63, 3.8) is 0 Å². The van der Waals surface area contributed by atoms with Gasteiger partial charge >= 0.3 is 0 Å². The number of hydrogen-bond donors (Lipinski definition) is 0. The molecule has 1 aromatic carbocycles. The second-order valence-electron chi connectivity index (χ2n) is 3.46. The molecule has 80 valence electrons. The molecule has 2 rings (SSSR count). The fraction of sp³-hybridized carbons (Fsp3) is 0.0769. The molecule has 0 radical (unpaired) electrons. The average Bonchev–Trinajstić information content (AvgIpc) is 2.39. The molecule has 0 spiro atoms. The number of anilines is 2. The lowest BCUT2D eigenvalue weighted by molar-refractivity contribution is 0.112. The Morgan fingerprint density at radius 2 is 2.06 bits per heavy atom. The maximum Gasteiger partial charge on any atom is 0.150 e. The summed E-state index contributed by atoms with van der Waals surface area (Å²) in [6, 6.07) is 13.2. The van der Waals surface area contributed by atoms with Crippen LogP contribution in [0.25, 0.3) is 0 Å². The van der Waals surface area contributed by atoms with Gasteiger partial charge in [0, 0.05) is 24.5 Å². The third kappa shape index (κ3) is 2.08. The van der Waals surface area contributed by atoms with Crippen molar-refractivity contribution in [3.05, 3.63) is 54.2 Å². The van der Waals surface area contributed by atoms with Gasteiger partial charge < -0.3 is 4.90 Å². The van der Waals surface area contributed by atoms with Crippen molar-refractivity contribution in [1.29, 1.82) is 0 Å². The van der Waals surface area contributed by atoms with E-state index in [4.69, 9.17) is 0 Å². The highest BCUT2D eigenvalue weighted by Gasteiger charge is 2.04. The number of benzene rings is 1. The first-order valence-corrected chi connectivity index (χ1v) is 5.01. The first-order valence-electron chi connectivity index (χ1n) is 5.01. The Kier molecular flexibility index (Phi) is 2.96. The fourth-order valence-electron chi connectivity index (χ4n) is 1.49. The van der Waals surface area contributed by atoms with Gasteiger partial charge in [0.05, 0.1) is 0 Å². The molecule has 0 saturated carbocycles. The number of aromatic nitrogens is 1. The van der Waals surface area contributed by atoms with Crippen LogP contribution in [0.2, 0.25) is 0 Å². The number of nitrogens with zero attached hydrogens (tertiary/aromatic N) is 2. The minimum Gasteiger partial charge on any atom is -0.329 e. The smallest absolute Gasteiger partial charge is 0.150 e. The van der Waals surface area contributed by atoms with E-state index in [1.807, 2.05) is 48.3 Å². The summed E-state index contributed by atoms with van der Waals surface area (Å²) in [6.45, 7) is 0. The van der Waals surface area contributed by atoms with Crippen molar-refractivity contribution in [2.45, 2.75) is 0 Å². The van der Waals surface area contributed by atoms with Crippen LogP contribution in [-0.2, 0) is 0 Å². The van der Waals surface area contributed by atoms with Crippen molar-refractivity contribution in [2.75, 3.05) is 11.9 Å². The number of pyridine rings is 1. The molecule has 3 heteroatoms. The summed E-state index contributed by atoms with van der Waals surface area (Å²) >= 11 is 0. The van der Waals surface area contributed by atoms with E-state index in [0.717, 1.165) is 17.8 Å². The van der Waals surface area contributed by atoms with Gasteiger partial charge in [0.2, 0.25) is 0 Å². The zero-order chi connectivity index (χ0) is 11.4. The van der Waals surface area contributed by atoms with Gasteiger partial charge in [0.25, 0.3) is 0 Å². The number of rotatable bonds is 3. The predicted octanol–water partition coefficient (Wildman–Crippen LogP) is 2.66. The normalized spacial score (nSPS) is 9.81. The van der Waals surface area contributed by atoms with E-state index in [2.05, 4.69) is 4.98 Å². The van der Waals surface area contributed by atoms with Gasteiger partial charge in [0.1, 0.15) is 12.1 Å². The summed E-state index contributed by atoms with van der Waals surface area (Å²) in [5.41, 5.74) is 1.61. The molecule has 1 aromatic heterocycles. The molecule has 0 atom stereocenters. The van der Waals surface area contributed by atoms with Crippen molar-refractivity contribution in [2.24, 2.45) is 0 Å². The summed E-state index contributed by atoms with van der Waals surface area (Å²) in [4.78, 5) is 16.9. The number of hydrogen-bond acceptors (Lipinski definition) is 3. The highest BCUT2D eigenvalue weighted by atomic mass is 16.1. The van der Waals surface area contributed by atoms with Crippen molar-refractivity contribution in [3.8, 4) is 0 Å². The van der Waals surface area contributed by atoms with Crippen molar-refractivity contribution in [1.82, 2.24) is 4.98 Å². The van der Waals surface area contributed by atoms with Gasteiger partial charge in [-0.3, -0.25) is 4.79 Å². The molecule has 0 bridgehead atoms. The van der Waals surface area contributed by atoms with Crippen LogP contribution in [0, 0.1) is 0 Å². The summed E-state index contributed by atoms with van der Waals surface area (Å²) in [5.74, 6) is 0.852. The Labute approximate surface area is 94.4 Å². The summed E-state index contributed by atoms with van der Waals surface area (Å²) in [6.07, 6.45) is 2.59. The molecule has 0 N–H and O–H groups in total. The minimum absolute atomic E-state index is 0.667. The Balaban J connectivity index is 2.34. The van der Waals surface area contributed by atoms with Crippen LogP contribution < -0.4 is 4.90 Å². The van der Waals surface area contributed by atoms with E-state index in [1.165, 1.54) is 0 Å². The molecule has 0 saturated heterocycles. The fourth-order valence-corrected chi connectivity index (χ4v) is 1.49. The Bertz CT molecular complexity index is 482. The molecule has 1 heterocycles. The van der Waals surface area contributed by atoms with Crippen LogP contribution in [0.1, 0.15) is 10.4 Å². The van der Waals surface area contributed by atoms with E-state index in [0.29, 0.717) is 5.56 Å². The zero-order valence-electron chi connectivity index (χ0n) is 9.00. The van der Waals surface area contributed by atoms with Gasteiger partial charge in [-0.1, -0.05) is 18.2 Å². The van der Waals surface area contributed by atoms with E-state index in [9.17, 15) is 4.79 Å². The van der Waals surface area contributed by atoms with Crippen LogP contribution in [0.15, 0.2) is 48.7 Å². The number of aldehydes is 1. The van der Waals surface area contributed by atoms with Gasteiger partial charge in [-0.25, -0.2) is 4.98 Å². The number of carbonyl (C=O) groups is 1. The number of carbonyl (C=O) groups excluding carboxylic acids is 1. The van der Waals surface area contributed by atoms with Crippen molar-refractivity contribution >= 4 is 17.8 Å². The van der Waals surface area contributed by atoms with Crippen LogP contribution >= 0.6 is 0 Å². The molecule has 0 unspecified atom stereocenters. The van der Waals surface area contributed by atoms with Gasteiger partial charge in [0.15, 0.2) is 0 Å². The van der Waals surface area contributed by atoms with Gasteiger partial charge in [-0.2, -0.15) is 0 Å². The summed E-state index contributed by atoms with van der Waals surface area (Å²) < 4.78 is 0. The van der Waals surface area contributed by atoms with Crippen LogP contribution in [0.5, 0.6) is 0 Å². The highest BCUT2D eigenvalue weighted by Crippen LogP contribution is 2.21. The van der Waals surface area contributed by atoms with Crippen LogP contribution in [-0.4, -0.2) is 18.3 Å². The molecule has 0 fully saturated rings. The molecule has 0 aliphatic heterocycles. The predicted molar refractivity (Wildman–Crippen MR) is 64.1 cm³/mol. The molecule has 0 aliphatic carbocycles. The SMILES string of the molecule is CN(c1cccc(C=O)c1)c1ccccn1. The second-order valence-corrected chi connectivity index (χ2v) is 3.46. The lowest BCUT2D eigenvalue weighted by atomic mass is 10.2. The molecule has 0 amide bonds. The lowest BCUT2D eigenvalue weighted by Gasteiger charge is -2.18. The lowest BCUT2D eigenvalue weighted by Crippen LogP contribution is -2.10. The molecular formula is C13H12N2O. The quantitative estimate of drug-likeness (QED) is 0.733. The first-order chi connectivity index (χ1) is 7.81. The van der Waals surface area contributed by atoms with E-state index >= 15 is 0 Å². The average molecular weight is 212 g/mol. The molecule has 3 nitrogen and oxygen atoms in total. The third-order valence-corrected chi connectivity index (χ3v) is 2.39. The molecule has 0 aliphatic rings. The van der Waals surface area contributed by atoms with E-state index in [1.54, 1.807) is 12.3 Å². The van der Waals surface area contributed by atoms with Gasteiger partial charge in [-0.05, 0) is 24.3 Å². The van der Waals surface area contributed by atoms with Gasteiger partial charge in [-0.15, -0.1) is 0 Å². The van der Waals surface area contributed by atoms with E-state index in [-0.39, 0.29) is 0 Å². The maximum atomic E-state index is 10.7. The topological polar surface area (TPSA) is 33.2 Å². The first kappa shape index (κ1) is 10.4.